The Morgan fingerprint density at radius 3 is 2.70 bits per heavy atom. The Labute approximate surface area is 158 Å². The lowest BCUT2D eigenvalue weighted by molar-refractivity contribution is -0.127. The average Bonchev–Trinajstić information content (AvgIpc) is 2.74. The first kappa shape index (κ1) is 17.0. The van der Waals surface area contributed by atoms with Crippen molar-refractivity contribution in [1.82, 2.24) is 9.88 Å². The van der Waals surface area contributed by atoms with Crippen molar-refractivity contribution < 1.29 is 9.53 Å². The van der Waals surface area contributed by atoms with Crippen LogP contribution < -0.4 is 4.74 Å². The van der Waals surface area contributed by atoms with Crippen LogP contribution in [-0.4, -0.2) is 22.3 Å². The predicted octanol–water partition coefficient (Wildman–Crippen LogP) is 4.53. The maximum atomic E-state index is 12.2. The van der Waals surface area contributed by atoms with Gasteiger partial charge in [0.15, 0.2) is 0 Å². The van der Waals surface area contributed by atoms with Gasteiger partial charge in [-0.05, 0) is 47.0 Å². The molecule has 27 heavy (non-hydrogen) atoms. The molecule has 0 N–H and O–H groups in total. The molecule has 4 heteroatoms. The van der Waals surface area contributed by atoms with Crippen molar-refractivity contribution in [1.29, 1.82) is 0 Å². The summed E-state index contributed by atoms with van der Waals surface area (Å²) in [6, 6.07) is 20.0. The molecule has 0 fully saturated rings. The fourth-order valence-corrected chi connectivity index (χ4v) is 3.50. The summed E-state index contributed by atoms with van der Waals surface area (Å²) in [6.07, 6.45) is 4.79. The second-order valence-corrected chi connectivity index (χ2v) is 6.54. The van der Waals surface area contributed by atoms with Gasteiger partial charge < -0.3 is 9.64 Å². The predicted molar refractivity (Wildman–Crippen MR) is 105 cm³/mol. The minimum Gasteiger partial charge on any atom is -0.456 e. The zero-order chi connectivity index (χ0) is 18.6. The largest absolute Gasteiger partial charge is 0.456 e. The zero-order valence-corrected chi connectivity index (χ0v) is 14.9. The van der Waals surface area contributed by atoms with Crippen LogP contribution in [-0.2, 0) is 11.3 Å². The number of rotatable bonds is 4. The Hall–Kier alpha value is -3.40. The first-order chi connectivity index (χ1) is 13.2. The normalized spacial score (nSPS) is 15.7. The molecule has 1 atom stereocenters. The molecule has 0 saturated carbocycles. The molecule has 0 aliphatic carbocycles. The molecule has 3 aromatic rings. The van der Waals surface area contributed by atoms with Crippen LogP contribution in [0.25, 0.3) is 0 Å². The standard InChI is InChI=1S/C23H20N2O2/c1-2-23(26)25-15-18-10-11-19(27-20-9-6-12-24-14-20)13-21(18)22(16-25)17-7-4-3-5-8-17/h2-14,22H,1,15-16H2/t22-/m0/s1. The van der Waals surface area contributed by atoms with Crippen molar-refractivity contribution in [3.8, 4) is 11.5 Å². The third-order valence-electron chi connectivity index (χ3n) is 4.82. The number of hydrogen-bond donors (Lipinski definition) is 0. The van der Waals surface area contributed by atoms with E-state index in [9.17, 15) is 4.79 Å². The van der Waals surface area contributed by atoms with Crippen LogP contribution in [0.1, 0.15) is 22.6 Å². The summed E-state index contributed by atoms with van der Waals surface area (Å²) in [5.41, 5.74) is 3.50. The Morgan fingerprint density at radius 2 is 1.96 bits per heavy atom. The lowest BCUT2D eigenvalue weighted by Crippen LogP contribution is -2.37. The van der Waals surface area contributed by atoms with Gasteiger partial charge in [0.25, 0.3) is 0 Å². The van der Waals surface area contributed by atoms with Gasteiger partial charge in [-0.15, -0.1) is 0 Å². The van der Waals surface area contributed by atoms with E-state index in [0.29, 0.717) is 18.8 Å². The fraction of sp³-hybridized carbons (Fsp3) is 0.130. The SMILES string of the molecule is C=CC(=O)N1Cc2ccc(Oc3cccnc3)cc2[C@H](c2ccccc2)C1. The highest BCUT2D eigenvalue weighted by molar-refractivity contribution is 5.87. The van der Waals surface area contributed by atoms with Crippen molar-refractivity contribution in [2.24, 2.45) is 0 Å². The van der Waals surface area contributed by atoms with E-state index in [1.165, 1.54) is 17.2 Å². The van der Waals surface area contributed by atoms with Crippen molar-refractivity contribution in [2.75, 3.05) is 6.54 Å². The lowest BCUT2D eigenvalue weighted by atomic mass is 9.84. The highest BCUT2D eigenvalue weighted by Gasteiger charge is 2.28. The number of nitrogens with zero attached hydrogens (tertiary/aromatic N) is 2. The monoisotopic (exact) mass is 356 g/mol. The van der Waals surface area contributed by atoms with Gasteiger partial charge in [-0.2, -0.15) is 0 Å². The highest BCUT2D eigenvalue weighted by atomic mass is 16.5. The molecule has 1 aliphatic heterocycles. The molecule has 0 bridgehead atoms. The Morgan fingerprint density at radius 1 is 1.11 bits per heavy atom. The Kier molecular flexibility index (Phi) is 4.71. The van der Waals surface area contributed by atoms with Gasteiger partial charge in [-0.3, -0.25) is 9.78 Å². The molecule has 1 aromatic heterocycles. The number of amides is 1. The van der Waals surface area contributed by atoms with E-state index in [0.717, 1.165) is 11.3 Å². The highest BCUT2D eigenvalue weighted by Crippen LogP contribution is 2.36. The second kappa shape index (κ2) is 7.46. The quantitative estimate of drug-likeness (QED) is 0.645. The van der Waals surface area contributed by atoms with Crippen LogP contribution in [0.15, 0.2) is 85.7 Å². The molecule has 4 rings (SSSR count). The lowest BCUT2D eigenvalue weighted by Gasteiger charge is -2.34. The summed E-state index contributed by atoms with van der Waals surface area (Å²) >= 11 is 0. The number of aromatic nitrogens is 1. The minimum absolute atomic E-state index is 0.0442. The Balaban J connectivity index is 1.72. The molecule has 0 radical (unpaired) electrons. The van der Waals surface area contributed by atoms with Crippen LogP contribution in [0, 0.1) is 0 Å². The number of carbonyl (C=O) groups excluding carboxylic acids is 1. The van der Waals surface area contributed by atoms with Crippen LogP contribution in [0.4, 0.5) is 0 Å². The molecule has 0 unspecified atom stereocenters. The minimum atomic E-state index is -0.0442. The van der Waals surface area contributed by atoms with Crippen molar-refractivity contribution in [3.05, 3.63) is 102 Å². The van der Waals surface area contributed by atoms with Gasteiger partial charge in [0.1, 0.15) is 11.5 Å². The van der Waals surface area contributed by atoms with Gasteiger partial charge >= 0.3 is 0 Å². The number of carbonyl (C=O) groups is 1. The van der Waals surface area contributed by atoms with Gasteiger partial charge in [0.2, 0.25) is 5.91 Å². The summed E-state index contributed by atoms with van der Waals surface area (Å²) in [4.78, 5) is 18.2. The second-order valence-electron chi connectivity index (χ2n) is 6.54. The number of fused-ring (bicyclic) bond motifs is 1. The van der Waals surface area contributed by atoms with E-state index < -0.39 is 0 Å². The molecule has 4 nitrogen and oxygen atoms in total. The molecule has 1 aliphatic rings. The molecular formula is C23H20N2O2. The number of hydrogen-bond acceptors (Lipinski definition) is 3. The molecular weight excluding hydrogens is 336 g/mol. The number of ether oxygens (including phenoxy) is 1. The van der Waals surface area contributed by atoms with E-state index >= 15 is 0 Å². The summed E-state index contributed by atoms with van der Waals surface area (Å²) in [7, 11) is 0. The topological polar surface area (TPSA) is 42.4 Å². The van der Waals surface area contributed by atoms with Gasteiger partial charge in [-0.1, -0.05) is 43.0 Å². The first-order valence-electron chi connectivity index (χ1n) is 8.91. The van der Waals surface area contributed by atoms with Crippen LogP contribution in [0.2, 0.25) is 0 Å². The van der Waals surface area contributed by atoms with E-state index in [-0.39, 0.29) is 11.8 Å². The third kappa shape index (κ3) is 3.60. The molecule has 2 heterocycles. The number of benzene rings is 2. The summed E-state index contributed by atoms with van der Waals surface area (Å²) < 4.78 is 5.96. The maximum Gasteiger partial charge on any atom is 0.246 e. The molecule has 1 amide bonds. The van der Waals surface area contributed by atoms with Crippen molar-refractivity contribution >= 4 is 5.91 Å². The van der Waals surface area contributed by atoms with Gasteiger partial charge in [-0.25, -0.2) is 0 Å². The van der Waals surface area contributed by atoms with Crippen LogP contribution >= 0.6 is 0 Å². The molecule has 2 aromatic carbocycles. The molecule has 0 saturated heterocycles. The van der Waals surface area contributed by atoms with Crippen LogP contribution in [0.5, 0.6) is 11.5 Å². The molecule has 134 valence electrons. The van der Waals surface area contributed by atoms with Crippen LogP contribution in [0.3, 0.4) is 0 Å². The summed E-state index contributed by atoms with van der Waals surface area (Å²) in [6.45, 7) is 4.84. The Bertz CT molecular complexity index is 955. The average molecular weight is 356 g/mol. The van der Waals surface area contributed by atoms with E-state index in [1.807, 2.05) is 47.4 Å². The summed E-state index contributed by atoms with van der Waals surface area (Å²) in [5.74, 6) is 1.52. The number of pyridine rings is 1. The van der Waals surface area contributed by atoms with Crippen molar-refractivity contribution in [2.45, 2.75) is 12.5 Å². The van der Waals surface area contributed by atoms with E-state index in [1.54, 1.807) is 12.4 Å². The smallest absolute Gasteiger partial charge is 0.246 e. The maximum absolute atomic E-state index is 12.2. The zero-order valence-electron chi connectivity index (χ0n) is 14.9. The third-order valence-corrected chi connectivity index (χ3v) is 4.82. The van der Waals surface area contributed by atoms with Gasteiger partial charge in [0.05, 0.1) is 6.20 Å². The summed E-state index contributed by atoms with van der Waals surface area (Å²) in [5, 5.41) is 0. The molecule has 0 spiro atoms. The first-order valence-corrected chi connectivity index (χ1v) is 8.91. The van der Waals surface area contributed by atoms with Gasteiger partial charge in [0, 0.05) is 25.2 Å². The van der Waals surface area contributed by atoms with Crippen molar-refractivity contribution in [3.63, 3.8) is 0 Å². The van der Waals surface area contributed by atoms with E-state index in [2.05, 4.69) is 29.8 Å². The van der Waals surface area contributed by atoms with E-state index in [4.69, 9.17) is 4.74 Å². The fourth-order valence-electron chi connectivity index (χ4n) is 3.50.